The second-order valence-electron chi connectivity index (χ2n) is 39.7. The molecule has 0 radical (unpaired) electrons. The van der Waals surface area contributed by atoms with Gasteiger partial charge in [-0.2, -0.15) is 0 Å². The SMILES string of the molecule is CCCCCCCCCCCCCCCCOc1cc(-c2nnc(-c3ccc(-c4nnc(-c5cc(OCCCCCCCCCCCCCCCC)c(OCCCCCCCCCCCCCCCC)c(OCCCCCCCCCCCCCCCC)c5)s4)cc3)s2)cc(OCCCCCCCCCCCCCCCC)c1OCCCCCCCCCCCCCCCC. The zero-order valence-electron chi connectivity index (χ0n) is 86.3. The van der Waals surface area contributed by atoms with Crippen molar-refractivity contribution < 1.29 is 28.4 Å². The van der Waals surface area contributed by atoms with E-state index in [1.807, 2.05) is 0 Å². The van der Waals surface area contributed by atoms with Gasteiger partial charge < -0.3 is 28.4 Å². The third kappa shape index (κ3) is 61.6. The Morgan fingerprint density at radius 1 is 0.154 bits per heavy atom. The standard InChI is InChI=1S/C118H206N4O6S2/c1-7-13-19-25-31-37-43-49-55-61-67-73-79-85-95-123-109-101-107(102-110(124-96-86-80-74-68-62-56-50-44-38-32-26-20-14-8-2)113(109)127-99-89-83-77-71-65-59-53-47-41-35-29-23-17-11-5)117-121-119-115(129-117)105-91-93-106(94-92-105)116-120-122-118(130-116)108-103-111(125-97-87-81-75-69-63-57-51-45-39-33-27-21-15-9-3)114(128-100-90-84-78-72-66-60-54-48-42-36-30-24-18-12-6)112(104-108)126-98-88-82-76-70-64-58-52-46-40-34-28-22-16-10-4/h91-94,101-104H,7-90,95-100H2,1-6H3. The van der Waals surface area contributed by atoms with E-state index in [-0.39, 0.29) is 0 Å². The van der Waals surface area contributed by atoms with Crippen LogP contribution in [-0.4, -0.2) is 60.0 Å². The van der Waals surface area contributed by atoms with Gasteiger partial charge in [0.25, 0.3) is 0 Å². The van der Waals surface area contributed by atoms with E-state index in [1.54, 1.807) is 22.7 Å². The smallest absolute Gasteiger partial charge is 0.203 e. The molecule has 0 atom stereocenters. The Morgan fingerprint density at radius 3 is 0.423 bits per heavy atom. The summed E-state index contributed by atoms with van der Waals surface area (Å²) in [5, 5.41) is 23.1. The maximum atomic E-state index is 6.92. The van der Waals surface area contributed by atoms with E-state index in [0.717, 1.165) is 115 Å². The summed E-state index contributed by atoms with van der Waals surface area (Å²) in [6.45, 7) is 17.7. The van der Waals surface area contributed by atoms with Crippen LogP contribution >= 0.6 is 22.7 Å². The molecule has 12 heteroatoms. The first kappa shape index (κ1) is 116. The summed E-state index contributed by atoms with van der Waals surface area (Å²) in [5.74, 6) is 4.55. The first-order chi connectivity index (χ1) is 64.5. The molecule has 5 aromatic rings. The molecule has 0 bridgehead atoms. The minimum Gasteiger partial charge on any atom is -0.490 e. The average molecular weight is 1840 g/mol. The van der Waals surface area contributed by atoms with E-state index in [1.165, 1.54) is 501 Å². The Labute approximate surface area is 811 Å². The van der Waals surface area contributed by atoms with E-state index in [2.05, 4.69) is 90.1 Å². The number of aromatic nitrogens is 4. The topological polar surface area (TPSA) is 107 Å². The molecular weight excluding hydrogens is 1630 g/mol. The Kier molecular flexibility index (Phi) is 78.0. The quantitative estimate of drug-likeness (QED) is 0.0349. The first-order valence-corrected chi connectivity index (χ1v) is 59.1. The van der Waals surface area contributed by atoms with Gasteiger partial charge in [0.15, 0.2) is 23.0 Å². The molecule has 5 rings (SSSR count). The third-order valence-electron chi connectivity index (χ3n) is 27.3. The molecule has 0 aliphatic carbocycles. The van der Waals surface area contributed by atoms with Gasteiger partial charge >= 0.3 is 0 Å². The van der Waals surface area contributed by atoms with E-state index in [9.17, 15) is 0 Å². The van der Waals surface area contributed by atoms with Crippen LogP contribution in [-0.2, 0) is 0 Å². The molecular formula is C118H206N4O6S2. The molecule has 0 amide bonds. The van der Waals surface area contributed by atoms with Crippen LogP contribution in [0.15, 0.2) is 48.5 Å². The van der Waals surface area contributed by atoms with Crippen molar-refractivity contribution in [2.24, 2.45) is 0 Å². The van der Waals surface area contributed by atoms with Crippen LogP contribution in [0.1, 0.15) is 581 Å². The Hall–Kier alpha value is -4.42. The molecule has 746 valence electrons. The lowest BCUT2D eigenvalue weighted by atomic mass is 10.0. The number of rotatable bonds is 100. The number of nitrogens with zero attached hydrogens (tertiary/aromatic N) is 4. The van der Waals surface area contributed by atoms with Crippen LogP contribution in [0.5, 0.6) is 34.5 Å². The van der Waals surface area contributed by atoms with Crippen LogP contribution in [0.2, 0.25) is 0 Å². The normalized spacial score (nSPS) is 11.6. The lowest BCUT2D eigenvalue weighted by molar-refractivity contribution is 0.234. The summed E-state index contributed by atoms with van der Waals surface area (Å²) in [6, 6.07) is 17.3. The summed E-state index contributed by atoms with van der Waals surface area (Å²) in [6.07, 6.45) is 112. The average Bonchev–Trinajstić information content (AvgIpc) is 1.63. The highest BCUT2D eigenvalue weighted by molar-refractivity contribution is 7.18. The number of benzene rings is 3. The zero-order valence-corrected chi connectivity index (χ0v) is 87.9. The lowest BCUT2D eigenvalue weighted by Gasteiger charge is -2.18. The van der Waals surface area contributed by atoms with Crippen molar-refractivity contribution >= 4 is 22.7 Å². The number of ether oxygens (including phenoxy) is 6. The van der Waals surface area contributed by atoms with Gasteiger partial charge in [-0.3, -0.25) is 0 Å². The van der Waals surface area contributed by atoms with Gasteiger partial charge in [0.05, 0.1) is 39.6 Å². The summed E-state index contributed by atoms with van der Waals surface area (Å²) < 4.78 is 41.5. The van der Waals surface area contributed by atoms with Crippen LogP contribution < -0.4 is 28.4 Å². The molecule has 0 saturated carbocycles. The first-order valence-electron chi connectivity index (χ1n) is 57.4. The number of hydrogen-bond acceptors (Lipinski definition) is 12. The molecule has 0 fully saturated rings. The highest BCUT2D eigenvalue weighted by Gasteiger charge is 2.23. The summed E-state index contributed by atoms with van der Waals surface area (Å²) >= 11 is 3.24. The number of hydrogen-bond donors (Lipinski definition) is 0. The zero-order chi connectivity index (χ0) is 91.9. The summed E-state index contributed by atoms with van der Waals surface area (Å²) in [5.41, 5.74) is 3.93. The molecule has 0 saturated heterocycles. The molecule has 2 heterocycles. The van der Waals surface area contributed by atoms with Gasteiger partial charge in [0, 0.05) is 22.3 Å². The third-order valence-corrected chi connectivity index (χ3v) is 29.3. The maximum absolute atomic E-state index is 6.92. The fourth-order valence-corrected chi connectivity index (χ4v) is 20.3. The Balaban J connectivity index is 1.34. The lowest BCUT2D eigenvalue weighted by Crippen LogP contribution is -2.06. The second-order valence-corrected chi connectivity index (χ2v) is 41.6. The van der Waals surface area contributed by atoms with Crippen LogP contribution in [0, 0.1) is 0 Å². The second kappa shape index (κ2) is 87.4. The van der Waals surface area contributed by atoms with Gasteiger partial charge in [-0.1, -0.05) is 589 Å². The summed E-state index contributed by atoms with van der Waals surface area (Å²) in [4.78, 5) is 0. The molecule has 0 aliphatic rings. The van der Waals surface area contributed by atoms with Gasteiger partial charge in [-0.05, 0) is 62.8 Å². The minimum absolute atomic E-state index is 0.643. The minimum atomic E-state index is 0.643. The van der Waals surface area contributed by atoms with Crippen LogP contribution in [0.25, 0.3) is 42.3 Å². The predicted octanol–water partition coefficient (Wildman–Crippen LogP) is 41.2. The van der Waals surface area contributed by atoms with Crippen molar-refractivity contribution in [3.8, 4) is 76.8 Å². The molecule has 0 spiro atoms. The van der Waals surface area contributed by atoms with Crippen molar-refractivity contribution in [3.05, 3.63) is 48.5 Å². The highest BCUT2D eigenvalue weighted by atomic mass is 32.1. The van der Waals surface area contributed by atoms with Crippen molar-refractivity contribution in [1.29, 1.82) is 0 Å². The molecule has 0 N–H and O–H groups in total. The van der Waals surface area contributed by atoms with Crippen LogP contribution in [0.4, 0.5) is 0 Å². The van der Waals surface area contributed by atoms with E-state index >= 15 is 0 Å². The predicted molar refractivity (Wildman–Crippen MR) is 570 cm³/mol. The molecule has 0 aliphatic heterocycles. The van der Waals surface area contributed by atoms with Gasteiger partial charge in [0.1, 0.15) is 20.0 Å². The van der Waals surface area contributed by atoms with Crippen molar-refractivity contribution in [2.45, 2.75) is 581 Å². The molecule has 3 aromatic carbocycles. The van der Waals surface area contributed by atoms with E-state index < -0.39 is 0 Å². The van der Waals surface area contributed by atoms with Gasteiger partial charge in [-0.15, -0.1) is 20.4 Å². The fraction of sp³-hybridized carbons (Fsp3) is 0.814. The van der Waals surface area contributed by atoms with E-state index in [4.69, 9.17) is 48.8 Å². The fourth-order valence-electron chi connectivity index (χ4n) is 18.6. The van der Waals surface area contributed by atoms with Crippen molar-refractivity contribution in [2.75, 3.05) is 39.6 Å². The maximum Gasteiger partial charge on any atom is 0.203 e. The van der Waals surface area contributed by atoms with Gasteiger partial charge in [-0.25, -0.2) is 0 Å². The van der Waals surface area contributed by atoms with Gasteiger partial charge in [0.2, 0.25) is 11.5 Å². The highest BCUT2D eigenvalue weighted by Crippen LogP contribution is 2.46. The summed E-state index contributed by atoms with van der Waals surface area (Å²) in [7, 11) is 0. The van der Waals surface area contributed by atoms with Crippen molar-refractivity contribution in [1.82, 2.24) is 20.4 Å². The molecule has 130 heavy (non-hydrogen) atoms. The monoisotopic (exact) mass is 1840 g/mol. The molecule has 10 nitrogen and oxygen atoms in total. The number of unbranched alkanes of at least 4 members (excludes halogenated alkanes) is 78. The Morgan fingerprint density at radius 2 is 0.277 bits per heavy atom. The molecule has 0 unspecified atom stereocenters. The van der Waals surface area contributed by atoms with Crippen molar-refractivity contribution in [3.63, 3.8) is 0 Å². The Bertz CT molecular complexity index is 2920. The van der Waals surface area contributed by atoms with Crippen LogP contribution in [0.3, 0.4) is 0 Å². The van der Waals surface area contributed by atoms with E-state index in [0.29, 0.717) is 39.6 Å². The molecule has 2 aromatic heterocycles. The largest absolute Gasteiger partial charge is 0.490 e.